The molecule has 0 atom stereocenters. The maximum atomic E-state index is 12.9. The molecule has 5 nitrogen and oxygen atoms in total. The average Bonchev–Trinajstić information content (AvgIpc) is 2.89. The Kier molecular flexibility index (Phi) is 5.09. The molecular formula is C19H29N3O2. The lowest BCUT2D eigenvalue weighted by molar-refractivity contribution is 0.0518. The molecule has 2 aliphatic rings. The third kappa shape index (κ3) is 3.27. The molecule has 2 heterocycles. The number of hydrogen-bond acceptors (Lipinski definition) is 3. The van der Waals surface area contributed by atoms with Gasteiger partial charge in [-0.15, -0.1) is 0 Å². The summed E-state index contributed by atoms with van der Waals surface area (Å²) in [6, 6.07) is 0.717. The van der Waals surface area contributed by atoms with Crippen LogP contribution in [0, 0.1) is 13.8 Å². The van der Waals surface area contributed by atoms with Gasteiger partial charge in [0.05, 0.1) is 0 Å². The number of nitrogens with one attached hydrogen (secondary N) is 1. The highest BCUT2D eigenvalue weighted by molar-refractivity contribution is 6.02. The molecule has 0 aromatic carbocycles. The van der Waals surface area contributed by atoms with Crippen molar-refractivity contribution in [3.63, 3.8) is 0 Å². The number of hydrogen-bond donors (Lipinski definition) is 1. The summed E-state index contributed by atoms with van der Waals surface area (Å²) in [4.78, 5) is 32.3. The third-order valence-corrected chi connectivity index (χ3v) is 5.70. The number of nitrogens with zero attached hydrogens (tertiary/aromatic N) is 2. The Balaban J connectivity index is 1.65. The van der Waals surface area contributed by atoms with Crippen LogP contribution in [0.4, 0.5) is 0 Å². The molecular weight excluding hydrogens is 302 g/mol. The van der Waals surface area contributed by atoms with Crippen LogP contribution in [0.25, 0.3) is 0 Å². The van der Waals surface area contributed by atoms with Crippen molar-refractivity contribution in [2.24, 2.45) is 0 Å². The van der Waals surface area contributed by atoms with E-state index in [1.54, 1.807) is 6.92 Å². The van der Waals surface area contributed by atoms with E-state index in [-0.39, 0.29) is 11.7 Å². The van der Waals surface area contributed by atoms with E-state index in [1.165, 1.54) is 32.1 Å². The molecule has 1 aliphatic carbocycles. The van der Waals surface area contributed by atoms with Gasteiger partial charge in [-0.2, -0.15) is 0 Å². The molecule has 0 spiro atoms. The van der Waals surface area contributed by atoms with Gasteiger partial charge in [-0.3, -0.25) is 14.5 Å². The fourth-order valence-electron chi connectivity index (χ4n) is 4.39. The number of aromatic nitrogens is 1. The SMILES string of the molecule is CC(=O)c1c(C)[nH]c(C(=O)N2CCN(C3CCCCC3)CC2)c1C. The molecule has 0 bridgehead atoms. The lowest BCUT2D eigenvalue weighted by Crippen LogP contribution is -2.52. The van der Waals surface area contributed by atoms with Crippen LogP contribution in [0.1, 0.15) is 71.1 Å². The first-order chi connectivity index (χ1) is 11.5. The van der Waals surface area contributed by atoms with E-state index in [0.717, 1.165) is 43.5 Å². The van der Waals surface area contributed by atoms with Gasteiger partial charge >= 0.3 is 0 Å². The highest BCUT2D eigenvalue weighted by Gasteiger charge is 2.29. The van der Waals surface area contributed by atoms with Gasteiger partial charge in [0.2, 0.25) is 0 Å². The van der Waals surface area contributed by atoms with Gasteiger partial charge in [-0.1, -0.05) is 19.3 Å². The monoisotopic (exact) mass is 331 g/mol. The molecule has 1 amide bonds. The van der Waals surface area contributed by atoms with E-state index in [0.29, 0.717) is 11.3 Å². The standard InChI is InChI=1S/C19H29N3O2/c1-13-17(15(3)23)14(2)20-18(13)19(24)22-11-9-21(10-12-22)16-7-5-4-6-8-16/h16,20H,4-12H2,1-3H3. The minimum atomic E-state index is 0.0161. The highest BCUT2D eigenvalue weighted by atomic mass is 16.2. The van der Waals surface area contributed by atoms with Crippen molar-refractivity contribution in [1.29, 1.82) is 0 Å². The Bertz CT molecular complexity index is 621. The number of amides is 1. The minimum Gasteiger partial charge on any atom is -0.354 e. The predicted molar refractivity (Wildman–Crippen MR) is 94.6 cm³/mol. The van der Waals surface area contributed by atoms with Crippen LogP contribution >= 0.6 is 0 Å². The molecule has 5 heteroatoms. The lowest BCUT2D eigenvalue weighted by Gasteiger charge is -2.40. The maximum Gasteiger partial charge on any atom is 0.270 e. The van der Waals surface area contributed by atoms with Gasteiger partial charge in [0.1, 0.15) is 5.69 Å². The van der Waals surface area contributed by atoms with E-state index in [4.69, 9.17) is 0 Å². The van der Waals surface area contributed by atoms with E-state index < -0.39 is 0 Å². The summed E-state index contributed by atoms with van der Waals surface area (Å²) in [5.41, 5.74) is 2.84. The molecule has 1 aromatic heterocycles. The van der Waals surface area contributed by atoms with Crippen molar-refractivity contribution in [2.45, 2.75) is 58.9 Å². The number of carbonyl (C=O) groups is 2. The van der Waals surface area contributed by atoms with Crippen LogP contribution in [0.5, 0.6) is 0 Å². The van der Waals surface area contributed by atoms with Crippen molar-refractivity contribution in [1.82, 2.24) is 14.8 Å². The van der Waals surface area contributed by atoms with Crippen LogP contribution in [-0.2, 0) is 0 Å². The molecule has 0 unspecified atom stereocenters. The summed E-state index contributed by atoms with van der Waals surface area (Å²) in [6.07, 6.45) is 6.69. The normalized spacial score (nSPS) is 20.4. The van der Waals surface area contributed by atoms with Crippen molar-refractivity contribution in [2.75, 3.05) is 26.2 Å². The number of H-pyrrole nitrogens is 1. The van der Waals surface area contributed by atoms with Gasteiger partial charge in [0.25, 0.3) is 5.91 Å². The molecule has 1 saturated heterocycles. The van der Waals surface area contributed by atoms with E-state index in [9.17, 15) is 9.59 Å². The second-order valence-electron chi connectivity index (χ2n) is 7.30. The smallest absolute Gasteiger partial charge is 0.270 e. The lowest BCUT2D eigenvalue weighted by atomic mass is 9.94. The molecule has 24 heavy (non-hydrogen) atoms. The summed E-state index contributed by atoms with van der Waals surface area (Å²) in [5, 5.41) is 0. The number of carbonyl (C=O) groups excluding carboxylic acids is 2. The highest BCUT2D eigenvalue weighted by Crippen LogP contribution is 2.25. The van der Waals surface area contributed by atoms with E-state index in [1.807, 2.05) is 18.7 Å². The second-order valence-corrected chi connectivity index (χ2v) is 7.30. The molecule has 2 fully saturated rings. The number of Topliss-reactive ketones (excluding diaryl/α,β-unsaturated/α-hetero) is 1. The summed E-state index contributed by atoms with van der Waals surface area (Å²) in [6.45, 7) is 8.78. The first-order valence-electron chi connectivity index (χ1n) is 9.22. The van der Waals surface area contributed by atoms with E-state index >= 15 is 0 Å². The Labute approximate surface area is 144 Å². The number of rotatable bonds is 3. The minimum absolute atomic E-state index is 0.0161. The number of ketones is 1. The van der Waals surface area contributed by atoms with E-state index in [2.05, 4.69) is 9.88 Å². The Hall–Kier alpha value is -1.62. The first-order valence-corrected chi connectivity index (χ1v) is 9.22. The van der Waals surface area contributed by atoms with Crippen LogP contribution < -0.4 is 0 Å². The van der Waals surface area contributed by atoms with Crippen molar-refractivity contribution in [3.8, 4) is 0 Å². The van der Waals surface area contributed by atoms with Crippen LogP contribution in [-0.4, -0.2) is 58.7 Å². The largest absolute Gasteiger partial charge is 0.354 e. The fourth-order valence-corrected chi connectivity index (χ4v) is 4.39. The molecule has 132 valence electrons. The summed E-state index contributed by atoms with van der Waals surface area (Å²) in [7, 11) is 0. The average molecular weight is 331 g/mol. The molecule has 1 saturated carbocycles. The number of piperazine rings is 1. The molecule has 0 radical (unpaired) electrons. The van der Waals surface area contributed by atoms with Crippen molar-refractivity contribution < 1.29 is 9.59 Å². The van der Waals surface area contributed by atoms with Crippen molar-refractivity contribution in [3.05, 3.63) is 22.5 Å². The molecule has 3 rings (SSSR count). The molecule has 1 N–H and O–H groups in total. The van der Waals surface area contributed by atoms with Gasteiger partial charge in [-0.25, -0.2) is 0 Å². The Morgan fingerprint density at radius 1 is 1.00 bits per heavy atom. The second kappa shape index (κ2) is 7.09. The molecule has 1 aromatic rings. The summed E-state index contributed by atoms with van der Waals surface area (Å²) >= 11 is 0. The topological polar surface area (TPSA) is 56.4 Å². The van der Waals surface area contributed by atoms with Crippen molar-refractivity contribution >= 4 is 11.7 Å². The van der Waals surface area contributed by atoms with Crippen LogP contribution in [0.2, 0.25) is 0 Å². The Morgan fingerprint density at radius 3 is 2.17 bits per heavy atom. The van der Waals surface area contributed by atoms with Crippen LogP contribution in [0.3, 0.4) is 0 Å². The maximum absolute atomic E-state index is 12.9. The van der Waals surface area contributed by atoms with Crippen LogP contribution in [0.15, 0.2) is 0 Å². The Morgan fingerprint density at radius 2 is 1.62 bits per heavy atom. The summed E-state index contributed by atoms with van der Waals surface area (Å²) < 4.78 is 0. The first kappa shape index (κ1) is 17.2. The number of aryl methyl sites for hydroxylation is 1. The summed E-state index contributed by atoms with van der Waals surface area (Å²) in [5.74, 6) is 0.0498. The quantitative estimate of drug-likeness (QED) is 0.867. The van der Waals surface area contributed by atoms with Gasteiger partial charge < -0.3 is 9.88 Å². The fraction of sp³-hybridized carbons (Fsp3) is 0.684. The van der Waals surface area contributed by atoms with Gasteiger partial charge in [0.15, 0.2) is 5.78 Å². The zero-order valence-corrected chi connectivity index (χ0v) is 15.2. The van der Waals surface area contributed by atoms with Gasteiger partial charge in [-0.05, 0) is 39.2 Å². The zero-order chi connectivity index (χ0) is 17.3. The van der Waals surface area contributed by atoms with Gasteiger partial charge in [0, 0.05) is 43.5 Å². The zero-order valence-electron chi connectivity index (χ0n) is 15.2. The predicted octanol–water partition coefficient (Wildman–Crippen LogP) is 2.92. The molecule has 1 aliphatic heterocycles. The third-order valence-electron chi connectivity index (χ3n) is 5.70. The number of aromatic amines is 1.